The first-order valence-corrected chi connectivity index (χ1v) is 7.81. The molecule has 19 heavy (non-hydrogen) atoms. The molecular weight excluding hydrogens is 274 g/mol. The van der Waals surface area contributed by atoms with Crippen LogP contribution >= 0.6 is 23.1 Å². The van der Waals surface area contributed by atoms with E-state index in [1.165, 1.54) is 0 Å². The van der Waals surface area contributed by atoms with Crippen LogP contribution in [0.15, 0.2) is 40.1 Å². The van der Waals surface area contributed by atoms with Crippen molar-refractivity contribution < 1.29 is 0 Å². The van der Waals surface area contributed by atoms with E-state index >= 15 is 0 Å². The topological polar surface area (TPSA) is 62.7 Å². The summed E-state index contributed by atoms with van der Waals surface area (Å²) in [5.41, 5.74) is 7.19. The third-order valence-corrected chi connectivity index (χ3v) is 4.95. The highest BCUT2D eigenvalue weighted by molar-refractivity contribution is 8.01. The van der Waals surface area contributed by atoms with Gasteiger partial charge in [0, 0.05) is 16.8 Å². The van der Waals surface area contributed by atoms with Gasteiger partial charge in [0.2, 0.25) is 0 Å². The van der Waals surface area contributed by atoms with E-state index in [4.69, 9.17) is 5.73 Å². The second-order valence-corrected chi connectivity index (χ2v) is 6.50. The van der Waals surface area contributed by atoms with Gasteiger partial charge >= 0.3 is 0 Å². The molecule has 3 nitrogen and oxygen atoms in total. The van der Waals surface area contributed by atoms with E-state index < -0.39 is 5.54 Å². The van der Waals surface area contributed by atoms with Crippen molar-refractivity contribution in [2.24, 2.45) is 5.73 Å². The zero-order chi connectivity index (χ0) is 13.7. The van der Waals surface area contributed by atoms with Crippen LogP contribution in [0.4, 0.5) is 0 Å². The predicted molar refractivity (Wildman–Crippen MR) is 80.1 cm³/mol. The fraction of sp³-hybridized carbons (Fsp3) is 0.286. The minimum Gasteiger partial charge on any atom is -0.310 e. The van der Waals surface area contributed by atoms with E-state index in [0.29, 0.717) is 6.42 Å². The molecule has 1 heterocycles. The van der Waals surface area contributed by atoms with Crippen molar-refractivity contribution in [3.63, 3.8) is 0 Å². The van der Waals surface area contributed by atoms with Crippen LogP contribution in [0.2, 0.25) is 0 Å². The average Bonchev–Trinajstić information content (AvgIpc) is 2.85. The van der Waals surface area contributed by atoms with Crippen LogP contribution in [0.1, 0.15) is 17.7 Å². The lowest BCUT2D eigenvalue weighted by molar-refractivity contribution is 0.560. The van der Waals surface area contributed by atoms with Crippen LogP contribution < -0.4 is 5.73 Å². The molecule has 0 aliphatic rings. The summed E-state index contributed by atoms with van der Waals surface area (Å²) in [4.78, 5) is 4.39. The highest BCUT2D eigenvalue weighted by Gasteiger charge is 2.26. The Morgan fingerprint density at radius 3 is 2.74 bits per heavy atom. The fourth-order valence-electron chi connectivity index (χ4n) is 1.70. The summed E-state index contributed by atoms with van der Waals surface area (Å²) >= 11 is 3.29. The number of thioether (sulfide) groups is 1. The molecule has 1 aromatic carbocycles. The van der Waals surface area contributed by atoms with Gasteiger partial charge in [-0.25, -0.2) is 4.98 Å². The highest BCUT2D eigenvalue weighted by atomic mass is 32.2. The molecule has 0 amide bonds. The number of hydrogen-bond donors (Lipinski definition) is 1. The second kappa shape index (κ2) is 6.20. The van der Waals surface area contributed by atoms with E-state index in [1.54, 1.807) is 23.1 Å². The summed E-state index contributed by atoms with van der Waals surface area (Å²) < 4.78 is 1.03. The zero-order valence-electron chi connectivity index (χ0n) is 10.7. The number of nitriles is 1. The summed E-state index contributed by atoms with van der Waals surface area (Å²) in [5, 5.41) is 11.4. The number of nitrogens with two attached hydrogens (primary N) is 1. The molecule has 0 bridgehead atoms. The SMILES string of the molecule is Cc1csc(SCCC(N)(C#N)c2ccccc2)n1. The Balaban J connectivity index is 1.98. The minimum atomic E-state index is -0.916. The van der Waals surface area contributed by atoms with Gasteiger partial charge in [-0.15, -0.1) is 11.3 Å². The Labute approximate surface area is 121 Å². The lowest BCUT2D eigenvalue weighted by Crippen LogP contribution is -2.35. The lowest BCUT2D eigenvalue weighted by Gasteiger charge is -2.21. The largest absolute Gasteiger partial charge is 0.310 e. The quantitative estimate of drug-likeness (QED) is 0.858. The number of hydrogen-bond acceptors (Lipinski definition) is 5. The fourth-order valence-corrected chi connectivity index (χ4v) is 3.69. The molecular formula is C14H15N3S2. The van der Waals surface area contributed by atoms with Crippen LogP contribution in [-0.2, 0) is 5.54 Å². The molecule has 1 atom stereocenters. The van der Waals surface area contributed by atoms with Crippen LogP contribution in [0.5, 0.6) is 0 Å². The maximum absolute atomic E-state index is 9.34. The predicted octanol–water partition coefficient (Wildman–Crippen LogP) is 3.31. The molecule has 1 aromatic heterocycles. The normalized spacial score (nSPS) is 13.7. The van der Waals surface area contributed by atoms with E-state index in [1.807, 2.05) is 42.6 Å². The van der Waals surface area contributed by atoms with Crippen molar-refractivity contribution in [1.29, 1.82) is 5.26 Å². The maximum atomic E-state index is 9.34. The highest BCUT2D eigenvalue weighted by Crippen LogP contribution is 2.28. The smallest absolute Gasteiger partial charge is 0.150 e. The van der Waals surface area contributed by atoms with Gasteiger partial charge in [0.15, 0.2) is 0 Å². The maximum Gasteiger partial charge on any atom is 0.150 e. The summed E-state index contributed by atoms with van der Waals surface area (Å²) in [6.45, 7) is 1.98. The van der Waals surface area contributed by atoms with E-state index in [-0.39, 0.29) is 0 Å². The Bertz CT molecular complexity index is 574. The van der Waals surface area contributed by atoms with E-state index in [0.717, 1.165) is 21.3 Å². The number of aryl methyl sites for hydroxylation is 1. The van der Waals surface area contributed by atoms with Crippen LogP contribution in [-0.4, -0.2) is 10.7 Å². The summed E-state index contributed by atoms with van der Waals surface area (Å²) in [5.74, 6) is 0.784. The van der Waals surface area contributed by atoms with Crippen molar-refractivity contribution in [2.75, 3.05) is 5.75 Å². The van der Waals surface area contributed by atoms with E-state index in [9.17, 15) is 5.26 Å². The molecule has 2 N–H and O–H groups in total. The first-order chi connectivity index (χ1) is 9.14. The number of benzene rings is 1. The number of nitrogens with zero attached hydrogens (tertiary/aromatic N) is 2. The summed E-state index contributed by atoms with van der Waals surface area (Å²) in [7, 11) is 0. The molecule has 5 heteroatoms. The van der Waals surface area contributed by atoms with Gasteiger partial charge in [-0.2, -0.15) is 5.26 Å². The zero-order valence-corrected chi connectivity index (χ0v) is 12.3. The molecule has 2 rings (SSSR count). The summed E-state index contributed by atoms with van der Waals surface area (Å²) in [6, 6.07) is 11.8. The van der Waals surface area contributed by atoms with Crippen LogP contribution in [0.25, 0.3) is 0 Å². The number of thiazole rings is 1. The van der Waals surface area contributed by atoms with Crippen molar-refractivity contribution in [2.45, 2.75) is 23.2 Å². The first kappa shape index (κ1) is 14.1. The lowest BCUT2D eigenvalue weighted by atomic mass is 9.90. The van der Waals surface area contributed by atoms with Crippen molar-refractivity contribution in [3.05, 3.63) is 47.0 Å². The van der Waals surface area contributed by atoms with Gasteiger partial charge < -0.3 is 5.73 Å². The number of rotatable bonds is 5. The Morgan fingerprint density at radius 1 is 1.42 bits per heavy atom. The average molecular weight is 289 g/mol. The van der Waals surface area contributed by atoms with E-state index in [2.05, 4.69) is 11.1 Å². The van der Waals surface area contributed by atoms with Crippen molar-refractivity contribution in [3.8, 4) is 6.07 Å². The molecule has 0 aliphatic heterocycles. The second-order valence-electron chi connectivity index (χ2n) is 4.30. The molecule has 0 fully saturated rings. The summed E-state index contributed by atoms with van der Waals surface area (Å²) in [6.07, 6.45) is 0.608. The monoisotopic (exact) mass is 289 g/mol. The molecule has 0 radical (unpaired) electrons. The molecule has 1 unspecified atom stereocenters. The molecule has 0 aliphatic carbocycles. The van der Waals surface area contributed by atoms with Crippen molar-refractivity contribution >= 4 is 23.1 Å². The molecule has 0 saturated heterocycles. The van der Waals surface area contributed by atoms with Gasteiger partial charge in [-0.1, -0.05) is 42.1 Å². The number of aromatic nitrogens is 1. The van der Waals surface area contributed by atoms with Crippen molar-refractivity contribution in [1.82, 2.24) is 4.98 Å². The Morgan fingerprint density at radius 2 is 2.16 bits per heavy atom. The van der Waals surface area contributed by atoms with Gasteiger partial charge in [-0.05, 0) is 18.9 Å². The van der Waals surface area contributed by atoms with Gasteiger partial charge in [0.05, 0.1) is 6.07 Å². The third-order valence-electron chi connectivity index (χ3n) is 2.81. The van der Waals surface area contributed by atoms with Gasteiger partial charge in [0.1, 0.15) is 9.88 Å². The van der Waals surface area contributed by atoms with Gasteiger partial charge in [0.25, 0.3) is 0 Å². The Kier molecular flexibility index (Phi) is 4.59. The Hall–Kier alpha value is -1.35. The van der Waals surface area contributed by atoms with Crippen LogP contribution in [0.3, 0.4) is 0 Å². The molecule has 0 saturated carbocycles. The molecule has 0 spiro atoms. The third kappa shape index (κ3) is 3.57. The minimum absolute atomic E-state index is 0.608. The molecule has 98 valence electrons. The van der Waals surface area contributed by atoms with Crippen LogP contribution in [0, 0.1) is 18.3 Å². The van der Waals surface area contributed by atoms with Gasteiger partial charge in [-0.3, -0.25) is 0 Å². The first-order valence-electron chi connectivity index (χ1n) is 5.95. The standard InChI is InChI=1S/C14H15N3S2/c1-11-9-19-13(17-11)18-8-7-14(16,10-15)12-5-3-2-4-6-12/h2-6,9H,7-8,16H2,1H3. The molecule has 2 aromatic rings.